The topological polar surface area (TPSA) is 57.6 Å². The van der Waals surface area contributed by atoms with Crippen molar-refractivity contribution in [3.8, 4) is 0 Å². The molecule has 1 N–H and O–H groups in total. The Kier molecular flexibility index (Phi) is 7.21. The van der Waals surface area contributed by atoms with Gasteiger partial charge in [-0.1, -0.05) is 13.8 Å². The Morgan fingerprint density at radius 1 is 1.19 bits per heavy atom. The van der Waals surface area contributed by atoms with Crippen LogP contribution in [0.5, 0.6) is 0 Å². The van der Waals surface area contributed by atoms with Gasteiger partial charge in [-0.3, -0.25) is 9.59 Å². The smallest absolute Gasteiger partial charge is 0.313 e. The minimum atomic E-state index is -0.877. The summed E-state index contributed by atoms with van der Waals surface area (Å²) in [5.74, 6) is -0.195. The van der Waals surface area contributed by atoms with E-state index in [9.17, 15) is 9.59 Å². The monoisotopic (exact) mass is 247 g/mol. The van der Waals surface area contributed by atoms with Crippen molar-refractivity contribution < 1.29 is 14.7 Å². The van der Waals surface area contributed by atoms with Crippen LogP contribution in [-0.4, -0.2) is 46.0 Å². The first-order valence-corrected chi connectivity index (χ1v) is 6.59. The molecule has 94 valence electrons. The van der Waals surface area contributed by atoms with E-state index >= 15 is 0 Å². The molecule has 4 nitrogen and oxygen atoms in total. The Hall–Kier alpha value is -0.710. The predicted molar refractivity (Wildman–Crippen MR) is 66.6 cm³/mol. The van der Waals surface area contributed by atoms with E-state index in [0.29, 0.717) is 5.92 Å². The zero-order valence-corrected chi connectivity index (χ0v) is 11.2. The van der Waals surface area contributed by atoms with Crippen LogP contribution in [-0.2, 0) is 9.59 Å². The van der Waals surface area contributed by atoms with Crippen molar-refractivity contribution >= 4 is 23.6 Å². The first kappa shape index (κ1) is 15.3. The average Bonchev–Trinajstić information content (AvgIpc) is 2.12. The molecule has 16 heavy (non-hydrogen) atoms. The van der Waals surface area contributed by atoms with Crippen molar-refractivity contribution in [3.05, 3.63) is 0 Å². The van der Waals surface area contributed by atoms with Crippen molar-refractivity contribution in [2.24, 2.45) is 5.92 Å². The number of hydrogen-bond acceptors (Lipinski definition) is 3. The maximum atomic E-state index is 11.8. The van der Waals surface area contributed by atoms with Crippen LogP contribution < -0.4 is 0 Å². The second kappa shape index (κ2) is 7.54. The molecular weight excluding hydrogens is 226 g/mol. The molecule has 0 bridgehead atoms. The standard InChI is InChI=1S/C11H21NO3S/c1-8(2)5-12(9(3)4)10(13)6-16-7-11(14)15/h8-9H,5-7H2,1-4H3,(H,14,15). The Labute approximate surface area is 101 Å². The SMILES string of the molecule is CC(C)CN(C(=O)CSCC(=O)O)C(C)C. The van der Waals surface area contributed by atoms with Crippen molar-refractivity contribution in [1.82, 2.24) is 4.90 Å². The van der Waals surface area contributed by atoms with E-state index in [0.717, 1.165) is 18.3 Å². The molecule has 0 aliphatic heterocycles. The van der Waals surface area contributed by atoms with E-state index in [-0.39, 0.29) is 23.5 Å². The molecular formula is C11H21NO3S. The molecule has 0 atom stereocenters. The van der Waals surface area contributed by atoms with Gasteiger partial charge in [0.1, 0.15) is 0 Å². The fourth-order valence-corrected chi connectivity index (χ4v) is 1.92. The van der Waals surface area contributed by atoms with Crippen LogP contribution in [0.1, 0.15) is 27.7 Å². The molecule has 0 aliphatic rings. The van der Waals surface area contributed by atoms with Crippen molar-refractivity contribution in [1.29, 1.82) is 0 Å². The summed E-state index contributed by atoms with van der Waals surface area (Å²) in [6.45, 7) is 8.80. The van der Waals surface area contributed by atoms with Gasteiger partial charge in [0.25, 0.3) is 0 Å². The summed E-state index contributed by atoms with van der Waals surface area (Å²) in [7, 11) is 0. The molecule has 1 amide bonds. The lowest BCUT2D eigenvalue weighted by Gasteiger charge is -2.28. The number of carboxylic acid groups (broad SMARTS) is 1. The van der Waals surface area contributed by atoms with Gasteiger partial charge >= 0.3 is 5.97 Å². The van der Waals surface area contributed by atoms with Gasteiger partial charge in [-0.05, 0) is 19.8 Å². The van der Waals surface area contributed by atoms with Crippen LogP contribution >= 0.6 is 11.8 Å². The molecule has 0 fully saturated rings. The van der Waals surface area contributed by atoms with E-state index in [2.05, 4.69) is 13.8 Å². The maximum absolute atomic E-state index is 11.8. The number of carboxylic acids is 1. The highest BCUT2D eigenvalue weighted by Crippen LogP contribution is 2.08. The number of carbonyl (C=O) groups is 2. The second-order valence-corrected chi connectivity index (χ2v) is 5.41. The highest BCUT2D eigenvalue weighted by Gasteiger charge is 2.17. The Bertz CT molecular complexity index is 241. The van der Waals surface area contributed by atoms with E-state index in [1.165, 1.54) is 0 Å². The maximum Gasteiger partial charge on any atom is 0.313 e. The van der Waals surface area contributed by atoms with Crippen LogP contribution in [0.15, 0.2) is 0 Å². The molecule has 0 spiro atoms. The van der Waals surface area contributed by atoms with E-state index in [1.54, 1.807) is 4.90 Å². The molecule has 0 radical (unpaired) electrons. The summed E-state index contributed by atoms with van der Waals surface area (Å²) < 4.78 is 0. The molecule has 0 aromatic carbocycles. The van der Waals surface area contributed by atoms with Crippen molar-refractivity contribution in [2.75, 3.05) is 18.1 Å². The van der Waals surface area contributed by atoms with Gasteiger partial charge in [-0.25, -0.2) is 0 Å². The Morgan fingerprint density at radius 3 is 2.12 bits per heavy atom. The number of carbonyl (C=O) groups excluding carboxylic acids is 1. The third kappa shape index (κ3) is 6.71. The Balaban J connectivity index is 4.12. The molecule has 0 saturated heterocycles. The average molecular weight is 247 g/mol. The van der Waals surface area contributed by atoms with Crippen LogP contribution in [0.25, 0.3) is 0 Å². The van der Waals surface area contributed by atoms with Crippen LogP contribution in [0.4, 0.5) is 0 Å². The first-order valence-electron chi connectivity index (χ1n) is 5.43. The molecule has 0 aromatic heterocycles. The number of amides is 1. The normalized spacial score (nSPS) is 10.9. The number of nitrogens with zero attached hydrogens (tertiary/aromatic N) is 1. The van der Waals surface area contributed by atoms with Crippen molar-refractivity contribution in [2.45, 2.75) is 33.7 Å². The zero-order valence-electron chi connectivity index (χ0n) is 10.4. The first-order chi connectivity index (χ1) is 7.34. The van der Waals surface area contributed by atoms with E-state index < -0.39 is 5.97 Å². The molecule has 0 aliphatic carbocycles. The molecule has 0 heterocycles. The summed E-state index contributed by atoms with van der Waals surface area (Å²) in [5, 5.41) is 8.47. The van der Waals surface area contributed by atoms with Gasteiger partial charge in [0.05, 0.1) is 11.5 Å². The summed E-state index contributed by atoms with van der Waals surface area (Å²) >= 11 is 1.15. The fraction of sp³-hybridized carbons (Fsp3) is 0.818. The van der Waals surface area contributed by atoms with Gasteiger partial charge in [-0.2, -0.15) is 0 Å². The largest absolute Gasteiger partial charge is 0.481 e. The highest BCUT2D eigenvalue weighted by molar-refractivity contribution is 8.00. The fourth-order valence-electron chi connectivity index (χ4n) is 1.30. The quantitative estimate of drug-likeness (QED) is 0.744. The lowest BCUT2D eigenvalue weighted by molar-refractivity contribution is -0.133. The van der Waals surface area contributed by atoms with Crippen LogP contribution in [0, 0.1) is 5.92 Å². The van der Waals surface area contributed by atoms with Crippen LogP contribution in [0.2, 0.25) is 0 Å². The zero-order chi connectivity index (χ0) is 12.7. The van der Waals surface area contributed by atoms with E-state index in [1.807, 2.05) is 13.8 Å². The lowest BCUT2D eigenvalue weighted by atomic mass is 10.2. The Morgan fingerprint density at radius 2 is 1.75 bits per heavy atom. The summed E-state index contributed by atoms with van der Waals surface area (Å²) in [5.41, 5.74) is 0. The summed E-state index contributed by atoms with van der Waals surface area (Å²) in [6, 6.07) is 0.167. The molecule has 0 unspecified atom stereocenters. The van der Waals surface area contributed by atoms with Crippen LogP contribution in [0.3, 0.4) is 0 Å². The predicted octanol–water partition coefficient (Wildman–Crippen LogP) is 1.70. The second-order valence-electron chi connectivity index (χ2n) is 4.42. The minimum Gasteiger partial charge on any atom is -0.481 e. The number of rotatable bonds is 7. The van der Waals surface area contributed by atoms with E-state index in [4.69, 9.17) is 5.11 Å². The van der Waals surface area contributed by atoms with Crippen molar-refractivity contribution in [3.63, 3.8) is 0 Å². The molecule has 5 heteroatoms. The number of aliphatic carboxylic acids is 1. The number of thioether (sulfide) groups is 1. The number of hydrogen-bond donors (Lipinski definition) is 1. The minimum absolute atomic E-state index is 0.0145. The molecule has 0 aromatic rings. The summed E-state index contributed by atoms with van der Waals surface area (Å²) in [4.78, 5) is 23.9. The van der Waals surface area contributed by atoms with Gasteiger partial charge in [-0.15, -0.1) is 11.8 Å². The third-order valence-corrected chi connectivity index (χ3v) is 2.86. The van der Waals surface area contributed by atoms with Gasteiger partial charge in [0.15, 0.2) is 0 Å². The molecule has 0 saturated carbocycles. The highest BCUT2D eigenvalue weighted by atomic mass is 32.2. The molecule has 0 rings (SSSR count). The summed E-state index contributed by atoms with van der Waals surface area (Å²) in [6.07, 6.45) is 0. The van der Waals surface area contributed by atoms with Gasteiger partial charge < -0.3 is 10.0 Å². The van der Waals surface area contributed by atoms with Gasteiger partial charge in [0, 0.05) is 12.6 Å². The third-order valence-electron chi connectivity index (χ3n) is 1.96. The lowest BCUT2D eigenvalue weighted by Crippen LogP contribution is -2.40. The van der Waals surface area contributed by atoms with Gasteiger partial charge in [0.2, 0.25) is 5.91 Å².